The fourth-order valence-electron chi connectivity index (χ4n) is 1.85. The summed E-state index contributed by atoms with van der Waals surface area (Å²) in [5.41, 5.74) is 1.57. The number of carbonyl (C=O) groups excluding carboxylic acids is 1. The summed E-state index contributed by atoms with van der Waals surface area (Å²) in [5.74, 6) is -1.46. The van der Waals surface area contributed by atoms with Crippen LogP contribution in [0.4, 0.5) is 5.69 Å². The van der Waals surface area contributed by atoms with Crippen molar-refractivity contribution < 1.29 is 14.7 Å². The van der Waals surface area contributed by atoms with Crippen LogP contribution in [-0.2, 0) is 4.79 Å². The van der Waals surface area contributed by atoms with Crippen LogP contribution in [0.1, 0.15) is 22.8 Å². The molecule has 2 N–H and O–H groups in total. The van der Waals surface area contributed by atoms with Gasteiger partial charge in [-0.2, -0.15) is 0 Å². The molecule has 0 saturated heterocycles. The van der Waals surface area contributed by atoms with Crippen LogP contribution < -0.4 is 5.32 Å². The van der Waals surface area contributed by atoms with Gasteiger partial charge in [0, 0.05) is 10.6 Å². The predicted molar refractivity (Wildman–Crippen MR) is 92.1 cm³/mol. The van der Waals surface area contributed by atoms with E-state index in [-0.39, 0.29) is 22.2 Å². The SMILES string of the molecule is CC(=Cc1ccc(Cl)cc1)C(=O)Nc1cc(C(=O)O)ccc1Cl. The normalized spacial score (nSPS) is 11.2. The number of nitrogens with one attached hydrogen (secondary N) is 1. The summed E-state index contributed by atoms with van der Waals surface area (Å²) in [7, 11) is 0. The van der Waals surface area contributed by atoms with Crippen molar-refractivity contribution in [1.29, 1.82) is 0 Å². The van der Waals surface area contributed by atoms with E-state index >= 15 is 0 Å². The Kier molecular flexibility index (Phi) is 5.42. The standard InChI is InChI=1S/C17H13Cl2NO3/c1-10(8-11-2-5-13(18)6-3-11)16(21)20-15-9-12(17(22)23)4-7-14(15)19/h2-9H,1H3,(H,20,21)(H,22,23). The average Bonchev–Trinajstić information content (AvgIpc) is 2.51. The maximum Gasteiger partial charge on any atom is 0.335 e. The molecule has 118 valence electrons. The van der Waals surface area contributed by atoms with Gasteiger partial charge in [-0.15, -0.1) is 0 Å². The Bertz CT molecular complexity index is 783. The Balaban J connectivity index is 2.19. The summed E-state index contributed by atoms with van der Waals surface area (Å²) in [6.45, 7) is 1.65. The summed E-state index contributed by atoms with van der Waals surface area (Å²) >= 11 is 11.8. The van der Waals surface area contributed by atoms with Crippen LogP contribution in [0, 0.1) is 0 Å². The smallest absolute Gasteiger partial charge is 0.335 e. The Hall–Kier alpha value is -2.30. The van der Waals surface area contributed by atoms with E-state index in [2.05, 4.69) is 5.32 Å². The second-order valence-electron chi connectivity index (χ2n) is 4.83. The molecule has 0 fully saturated rings. The zero-order valence-electron chi connectivity index (χ0n) is 12.1. The van der Waals surface area contributed by atoms with E-state index in [1.54, 1.807) is 37.3 Å². The molecule has 2 aromatic carbocycles. The fourth-order valence-corrected chi connectivity index (χ4v) is 2.14. The molecule has 0 aliphatic rings. The molecular weight excluding hydrogens is 337 g/mol. The molecule has 2 aromatic rings. The van der Waals surface area contributed by atoms with E-state index in [0.29, 0.717) is 10.6 Å². The lowest BCUT2D eigenvalue weighted by Gasteiger charge is -2.08. The highest BCUT2D eigenvalue weighted by Crippen LogP contribution is 2.24. The number of carbonyl (C=O) groups is 2. The third-order valence-electron chi connectivity index (χ3n) is 3.07. The molecule has 4 nitrogen and oxygen atoms in total. The molecule has 0 aliphatic carbocycles. The number of carboxylic acids is 1. The van der Waals surface area contributed by atoms with E-state index in [0.717, 1.165) is 5.56 Å². The van der Waals surface area contributed by atoms with Gasteiger partial charge in [-0.1, -0.05) is 35.3 Å². The van der Waals surface area contributed by atoms with Crippen molar-refractivity contribution in [2.75, 3.05) is 5.32 Å². The maximum absolute atomic E-state index is 12.2. The van der Waals surface area contributed by atoms with Crippen molar-refractivity contribution in [3.63, 3.8) is 0 Å². The van der Waals surface area contributed by atoms with Crippen molar-refractivity contribution >= 4 is 46.8 Å². The first-order valence-corrected chi connectivity index (χ1v) is 7.40. The molecule has 0 spiro atoms. The first-order valence-electron chi connectivity index (χ1n) is 6.65. The summed E-state index contributed by atoms with van der Waals surface area (Å²) in [5, 5.41) is 12.5. The molecule has 0 aromatic heterocycles. The number of aromatic carboxylic acids is 1. The Morgan fingerprint density at radius 3 is 2.35 bits per heavy atom. The monoisotopic (exact) mass is 349 g/mol. The topological polar surface area (TPSA) is 66.4 Å². The Morgan fingerprint density at radius 2 is 1.74 bits per heavy atom. The minimum atomic E-state index is -1.09. The minimum Gasteiger partial charge on any atom is -0.478 e. The molecule has 23 heavy (non-hydrogen) atoms. The molecular formula is C17H13Cl2NO3. The highest BCUT2D eigenvalue weighted by molar-refractivity contribution is 6.34. The van der Waals surface area contributed by atoms with Crippen LogP contribution >= 0.6 is 23.2 Å². The van der Waals surface area contributed by atoms with Gasteiger partial charge in [-0.3, -0.25) is 4.79 Å². The van der Waals surface area contributed by atoms with Gasteiger partial charge in [-0.05, 0) is 48.9 Å². The van der Waals surface area contributed by atoms with Crippen LogP contribution in [-0.4, -0.2) is 17.0 Å². The van der Waals surface area contributed by atoms with E-state index in [1.165, 1.54) is 18.2 Å². The number of amides is 1. The van der Waals surface area contributed by atoms with E-state index in [4.69, 9.17) is 28.3 Å². The Morgan fingerprint density at radius 1 is 1.09 bits per heavy atom. The van der Waals surface area contributed by atoms with E-state index < -0.39 is 5.97 Å². The molecule has 0 aliphatic heterocycles. The predicted octanol–water partition coefficient (Wildman–Crippen LogP) is 4.73. The quantitative estimate of drug-likeness (QED) is 0.783. The van der Waals surface area contributed by atoms with Gasteiger partial charge in [0.05, 0.1) is 16.3 Å². The molecule has 2 rings (SSSR count). The van der Waals surface area contributed by atoms with Gasteiger partial charge in [0.1, 0.15) is 0 Å². The van der Waals surface area contributed by atoms with Gasteiger partial charge >= 0.3 is 5.97 Å². The minimum absolute atomic E-state index is 0.0454. The van der Waals surface area contributed by atoms with Crippen LogP contribution in [0.5, 0.6) is 0 Å². The molecule has 0 radical (unpaired) electrons. The number of carboxylic acid groups (broad SMARTS) is 1. The maximum atomic E-state index is 12.2. The molecule has 1 amide bonds. The lowest BCUT2D eigenvalue weighted by molar-refractivity contribution is -0.112. The number of halogens is 2. The number of hydrogen-bond donors (Lipinski definition) is 2. The third-order valence-corrected chi connectivity index (χ3v) is 3.65. The molecule has 0 atom stereocenters. The highest BCUT2D eigenvalue weighted by Gasteiger charge is 2.11. The molecule has 0 bridgehead atoms. The fraction of sp³-hybridized carbons (Fsp3) is 0.0588. The zero-order valence-corrected chi connectivity index (χ0v) is 13.7. The van der Waals surface area contributed by atoms with Crippen molar-refractivity contribution in [1.82, 2.24) is 0 Å². The average molecular weight is 350 g/mol. The van der Waals surface area contributed by atoms with Crippen LogP contribution in [0.25, 0.3) is 6.08 Å². The first-order chi connectivity index (χ1) is 10.9. The number of hydrogen-bond acceptors (Lipinski definition) is 2. The van der Waals surface area contributed by atoms with Gasteiger partial charge < -0.3 is 10.4 Å². The van der Waals surface area contributed by atoms with Gasteiger partial charge in [-0.25, -0.2) is 4.79 Å². The van der Waals surface area contributed by atoms with Crippen LogP contribution in [0.15, 0.2) is 48.0 Å². The number of anilines is 1. The first kappa shape index (κ1) is 17.1. The second kappa shape index (κ2) is 7.31. The molecule has 6 heteroatoms. The van der Waals surface area contributed by atoms with Crippen molar-refractivity contribution in [3.8, 4) is 0 Å². The molecule has 0 saturated carbocycles. The van der Waals surface area contributed by atoms with Crippen LogP contribution in [0.2, 0.25) is 10.0 Å². The van der Waals surface area contributed by atoms with E-state index in [1.807, 2.05) is 0 Å². The summed E-state index contributed by atoms with van der Waals surface area (Å²) in [4.78, 5) is 23.2. The summed E-state index contributed by atoms with van der Waals surface area (Å²) in [6, 6.07) is 11.2. The molecule has 0 unspecified atom stereocenters. The van der Waals surface area contributed by atoms with Gasteiger partial charge in [0.2, 0.25) is 0 Å². The van der Waals surface area contributed by atoms with Gasteiger partial charge in [0.15, 0.2) is 0 Å². The molecule has 0 heterocycles. The van der Waals surface area contributed by atoms with Gasteiger partial charge in [0.25, 0.3) is 5.91 Å². The van der Waals surface area contributed by atoms with Crippen molar-refractivity contribution in [3.05, 3.63) is 69.2 Å². The third kappa shape index (κ3) is 4.58. The lowest BCUT2D eigenvalue weighted by atomic mass is 10.1. The van der Waals surface area contributed by atoms with Crippen molar-refractivity contribution in [2.45, 2.75) is 6.92 Å². The second-order valence-corrected chi connectivity index (χ2v) is 5.68. The highest BCUT2D eigenvalue weighted by atomic mass is 35.5. The van der Waals surface area contributed by atoms with Crippen molar-refractivity contribution in [2.24, 2.45) is 0 Å². The largest absolute Gasteiger partial charge is 0.478 e. The lowest BCUT2D eigenvalue weighted by Crippen LogP contribution is -2.13. The van der Waals surface area contributed by atoms with E-state index in [9.17, 15) is 9.59 Å². The summed E-state index contributed by atoms with van der Waals surface area (Å²) < 4.78 is 0. The number of benzene rings is 2. The Labute approximate surface area is 143 Å². The zero-order chi connectivity index (χ0) is 17.0. The summed E-state index contributed by atoms with van der Waals surface area (Å²) in [6.07, 6.45) is 1.70. The van der Waals surface area contributed by atoms with Crippen LogP contribution in [0.3, 0.4) is 0 Å². The number of rotatable bonds is 4.